The summed E-state index contributed by atoms with van der Waals surface area (Å²) >= 11 is 12.4. The number of carbonyl (C=O) groups excluding carboxylic acids is 1. The lowest BCUT2D eigenvalue weighted by atomic mass is 9.63. The van der Waals surface area contributed by atoms with Crippen LogP contribution in [0, 0.1) is 15.5 Å². The van der Waals surface area contributed by atoms with Crippen LogP contribution < -0.4 is 5.32 Å². The Morgan fingerprint density at radius 1 is 1.03 bits per heavy atom. The van der Waals surface area contributed by atoms with Crippen LogP contribution in [0.4, 0.5) is 11.4 Å². The largest absolute Gasteiger partial charge is 0.320 e. The molecular weight excluding hydrogens is 451 g/mol. The Morgan fingerprint density at radius 2 is 1.62 bits per heavy atom. The lowest BCUT2D eigenvalue weighted by Crippen LogP contribution is -2.48. The highest BCUT2D eigenvalue weighted by Gasteiger charge is 2.73. The third-order valence-corrected chi connectivity index (χ3v) is 8.54. The van der Waals surface area contributed by atoms with Gasteiger partial charge in [-0.05, 0) is 36.5 Å². The van der Waals surface area contributed by atoms with Gasteiger partial charge in [-0.15, -0.1) is 0 Å². The second kappa shape index (κ2) is 6.62. The monoisotopic (exact) mass is 470 g/mol. The fraction of sp³-hybridized carbons (Fsp3) is 0.348. The van der Waals surface area contributed by atoms with Crippen LogP contribution in [0.25, 0.3) is 11.0 Å². The van der Waals surface area contributed by atoms with Gasteiger partial charge in [0, 0.05) is 11.5 Å². The molecular formula is C23H20Cl2N4O3. The van der Waals surface area contributed by atoms with Crippen LogP contribution >= 0.6 is 23.2 Å². The number of carbonyl (C=O) groups is 1. The summed E-state index contributed by atoms with van der Waals surface area (Å²) in [4.78, 5) is 34.6. The van der Waals surface area contributed by atoms with Crippen molar-refractivity contribution < 1.29 is 9.72 Å². The number of halogens is 2. The molecule has 1 N–H and O–H groups in total. The van der Waals surface area contributed by atoms with Crippen molar-refractivity contribution in [3.63, 3.8) is 0 Å². The van der Waals surface area contributed by atoms with Gasteiger partial charge in [0.2, 0.25) is 5.91 Å². The average Bonchev–Trinajstić information content (AvgIpc) is 3.03. The number of hydrogen-bond donors (Lipinski definition) is 1. The Bertz CT molecular complexity index is 1340. The first-order valence-electron chi connectivity index (χ1n) is 10.3. The number of hydrogen-bond acceptors (Lipinski definition) is 5. The lowest BCUT2D eigenvalue weighted by molar-refractivity contribution is -0.383. The van der Waals surface area contributed by atoms with Crippen LogP contribution in [0.15, 0.2) is 36.4 Å². The third kappa shape index (κ3) is 2.46. The van der Waals surface area contributed by atoms with E-state index in [1.165, 1.54) is 12.1 Å². The van der Waals surface area contributed by atoms with Gasteiger partial charge < -0.3 is 5.32 Å². The molecule has 1 heterocycles. The van der Waals surface area contributed by atoms with Crippen molar-refractivity contribution in [1.29, 1.82) is 0 Å². The number of anilines is 1. The number of para-hydroxylation sites is 2. The first-order chi connectivity index (χ1) is 15.0. The molecule has 0 aliphatic heterocycles. The van der Waals surface area contributed by atoms with Gasteiger partial charge in [-0.3, -0.25) is 14.9 Å². The Morgan fingerprint density at radius 3 is 2.25 bits per heavy atom. The van der Waals surface area contributed by atoms with Crippen molar-refractivity contribution in [2.24, 2.45) is 5.41 Å². The number of benzene rings is 2. The Kier molecular flexibility index (Phi) is 4.36. The first-order valence-corrected chi connectivity index (χ1v) is 11.0. The fourth-order valence-electron chi connectivity index (χ4n) is 5.57. The van der Waals surface area contributed by atoms with E-state index in [1.807, 2.05) is 13.8 Å². The molecule has 1 saturated carbocycles. The molecule has 3 aromatic rings. The number of amides is 1. The number of fused-ring (bicyclic) bond motifs is 6. The summed E-state index contributed by atoms with van der Waals surface area (Å²) in [5.41, 5.74) is 0.666. The van der Waals surface area contributed by atoms with Crippen molar-refractivity contribution in [3.8, 4) is 0 Å². The van der Waals surface area contributed by atoms with Crippen LogP contribution in [0.5, 0.6) is 0 Å². The summed E-state index contributed by atoms with van der Waals surface area (Å²) in [6.45, 7) is 6.21. The van der Waals surface area contributed by atoms with Crippen molar-refractivity contribution in [3.05, 3.63) is 67.9 Å². The lowest BCUT2D eigenvalue weighted by Gasteiger charge is -2.39. The third-order valence-electron chi connectivity index (χ3n) is 7.82. The van der Waals surface area contributed by atoms with E-state index < -0.39 is 21.2 Å². The molecule has 0 radical (unpaired) electrons. The molecule has 0 spiro atoms. The van der Waals surface area contributed by atoms with Crippen LogP contribution in [-0.4, -0.2) is 20.8 Å². The van der Waals surface area contributed by atoms with E-state index in [0.29, 0.717) is 33.2 Å². The topological polar surface area (TPSA) is 98.0 Å². The van der Waals surface area contributed by atoms with Gasteiger partial charge in [-0.25, -0.2) is 9.97 Å². The van der Waals surface area contributed by atoms with E-state index >= 15 is 0 Å². The number of nitrogens with one attached hydrogen (secondary N) is 1. The minimum absolute atomic E-state index is 0.153. The summed E-state index contributed by atoms with van der Waals surface area (Å²) in [6, 6.07) is 9.48. The molecule has 7 nitrogen and oxygen atoms in total. The SMILES string of the molecule is CC12CCC(C(=O)Nc3ccccc3[N+](=O)[O-])(c3nc4cc(Cl)c(Cl)cc4nc31)C2(C)C. The molecule has 2 aromatic carbocycles. The number of rotatable bonds is 3. The molecule has 1 fully saturated rings. The molecule has 32 heavy (non-hydrogen) atoms. The zero-order valence-electron chi connectivity index (χ0n) is 17.7. The minimum Gasteiger partial charge on any atom is -0.320 e. The molecule has 9 heteroatoms. The maximum Gasteiger partial charge on any atom is 0.292 e. The molecule has 0 saturated heterocycles. The predicted octanol–water partition coefficient (Wildman–Crippen LogP) is 5.81. The van der Waals surface area contributed by atoms with Gasteiger partial charge in [0.05, 0.1) is 42.8 Å². The quantitative estimate of drug-likeness (QED) is 0.384. The normalized spacial score (nSPS) is 25.0. The molecule has 2 aliphatic carbocycles. The van der Waals surface area contributed by atoms with Gasteiger partial charge in [0.15, 0.2) is 0 Å². The molecule has 2 unspecified atom stereocenters. The molecule has 2 aliphatic rings. The second-order valence-electron chi connectivity index (χ2n) is 9.27. The number of nitro groups is 1. The van der Waals surface area contributed by atoms with Gasteiger partial charge in [0.25, 0.3) is 5.69 Å². The van der Waals surface area contributed by atoms with Crippen molar-refractivity contribution in [2.75, 3.05) is 5.32 Å². The highest BCUT2D eigenvalue weighted by molar-refractivity contribution is 6.42. The summed E-state index contributed by atoms with van der Waals surface area (Å²) in [5, 5.41) is 15.1. The van der Waals surface area contributed by atoms with Gasteiger partial charge in [-0.1, -0.05) is 56.1 Å². The molecule has 1 aromatic heterocycles. The van der Waals surface area contributed by atoms with Gasteiger partial charge in [0.1, 0.15) is 5.69 Å². The summed E-state index contributed by atoms with van der Waals surface area (Å²) < 4.78 is 0. The Labute approximate surface area is 194 Å². The Hall–Kier alpha value is -2.77. The van der Waals surface area contributed by atoms with E-state index in [-0.39, 0.29) is 17.3 Å². The van der Waals surface area contributed by atoms with Crippen LogP contribution in [0.1, 0.15) is 45.0 Å². The summed E-state index contributed by atoms with van der Waals surface area (Å²) in [5.74, 6) is -0.312. The standard InChI is InChI=1S/C23H20Cl2N4O3/c1-21(2)22(3)8-9-23(21,20(30)28-14-6-4-5-7-17(14)29(31)32)19-18(22)26-15-10-12(24)13(25)11-16(15)27-19/h4-7,10-11H,8-9H2,1-3H3,(H,28,30). The van der Waals surface area contributed by atoms with E-state index in [2.05, 4.69) is 12.2 Å². The summed E-state index contributed by atoms with van der Waals surface area (Å²) in [7, 11) is 0. The molecule has 1 amide bonds. The van der Waals surface area contributed by atoms with Crippen molar-refractivity contribution in [2.45, 2.75) is 44.4 Å². The zero-order chi connectivity index (χ0) is 23.1. The number of aromatic nitrogens is 2. The average molecular weight is 471 g/mol. The molecule has 2 atom stereocenters. The fourth-order valence-corrected chi connectivity index (χ4v) is 5.88. The second-order valence-corrected chi connectivity index (χ2v) is 10.1. The first kappa shape index (κ1) is 21.1. The highest BCUT2D eigenvalue weighted by Crippen LogP contribution is 2.70. The van der Waals surface area contributed by atoms with Crippen LogP contribution in [0.2, 0.25) is 10.0 Å². The van der Waals surface area contributed by atoms with Crippen molar-refractivity contribution >= 4 is 51.5 Å². The number of nitrogens with zero attached hydrogens (tertiary/aromatic N) is 3. The Balaban J connectivity index is 1.71. The minimum atomic E-state index is -0.992. The van der Waals surface area contributed by atoms with Crippen molar-refractivity contribution in [1.82, 2.24) is 9.97 Å². The van der Waals surface area contributed by atoms with Gasteiger partial charge in [-0.2, -0.15) is 0 Å². The maximum absolute atomic E-state index is 13.9. The van der Waals surface area contributed by atoms with E-state index in [0.717, 1.165) is 12.1 Å². The smallest absolute Gasteiger partial charge is 0.292 e. The van der Waals surface area contributed by atoms with Crippen LogP contribution in [0.3, 0.4) is 0 Å². The van der Waals surface area contributed by atoms with Gasteiger partial charge >= 0.3 is 0 Å². The summed E-state index contributed by atoms with van der Waals surface area (Å²) in [6.07, 6.45) is 1.32. The highest BCUT2D eigenvalue weighted by atomic mass is 35.5. The molecule has 2 bridgehead atoms. The zero-order valence-corrected chi connectivity index (χ0v) is 19.2. The molecule has 164 valence electrons. The maximum atomic E-state index is 13.9. The van der Waals surface area contributed by atoms with Crippen LogP contribution in [-0.2, 0) is 15.6 Å². The van der Waals surface area contributed by atoms with E-state index in [4.69, 9.17) is 33.2 Å². The number of nitro benzene ring substituents is 1. The predicted molar refractivity (Wildman–Crippen MR) is 123 cm³/mol. The van der Waals surface area contributed by atoms with E-state index in [1.54, 1.807) is 24.3 Å². The van der Waals surface area contributed by atoms with E-state index in [9.17, 15) is 14.9 Å². The molecule has 5 rings (SSSR count).